The van der Waals surface area contributed by atoms with Crippen LogP contribution in [0.4, 0.5) is 0 Å². The predicted octanol–water partition coefficient (Wildman–Crippen LogP) is 1.65. The first kappa shape index (κ1) is 16.3. The molecular formula is C17H27NO3. The molecule has 1 aromatic rings. The number of aliphatic hydroxyl groups excluding tert-OH is 2. The topological polar surface area (TPSA) is 52.9 Å². The lowest BCUT2D eigenvalue weighted by atomic mass is 9.87. The van der Waals surface area contributed by atoms with E-state index < -0.39 is 6.10 Å². The van der Waals surface area contributed by atoms with Gasteiger partial charge in [0.1, 0.15) is 18.5 Å². The maximum atomic E-state index is 9.96. The molecular weight excluding hydrogens is 266 g/mol. The molecule has 0 spiro atoms. The quantitative estimate of drug-likeness (QED) is 0.837. The van der Waals surface area contributed by atoms with Crippen molar-refractivity contribution in [2.24, 2.45) is 5.92 Å². The summed E-state index contributed by atoms with van der Waals surface area (Å²) in [5, 5.41) is 18.9. The van der Waals surface area contributed by atoms with Gasteiger partial charge in [-0.05, 0) is 23.1 Å². The van der Waals surface area contributed by atoms with E-state index in [1.165, 1.54) is 5.56 Å². The smallest absolute Gasteiger partial charge is 0.119 e. The Labute approximate surface area is 127 Å². The molecule has 118 valence electrons. The van der Waals surface area contributed by atoms with Gasteiger partial charge in [0.25, 0.3) is 0 Å². The van der Waals surface area contributed by atoms with Crippen molar-refractivity contribution in [2.45, 2.75) is 32.3 Å². The van der Waals surface area contributed by atoms with E-state index in [1.54, 1.807) is 0 Å². The molecule has 0 aliphatic carbocycles. The zero-order chi connectivity index (χ0) is 15.5. The van der Waals surface area contributed by atoms with Crippen LogP contribution in [0.1, 0.15) is 26.3 Å². The molecule has 1 aliphatic rings. The van der Waals surface area contributed by atoms with E-state index in [1.807, 2.05) is 12.1 Å². The number of rotatable bonds is 6. The highest BCUT2D eigenvalue weighted by Gasteiger charge is 2.27. The molecule has 1 atom stereocenters. The second-order valence-corrected chi connectivity index (χ2v) is 7.01. The van der Waals surface area contributed by atoms with Gasteiger partial charge in [-0.1, -0.05) is 32.9 Å². The third-order valence-corrected chi connectivity index (χ3v) is 3.92. The SMILES string of the molecule is CC(C)(C)c1ccc(OC[C@@H](O)CN2CC(CO)C2)cc1. The standard InChI is InChI=1S/C17H27NO3/c1-17(2,3)14-4-6-16(7-5-14)21-12-15(20)10-18-8-13(9-18)11-19/h4-7,13,15,19-20H,8-12H2,1-3H3/t15-/m0/s1. The van der Waals surface area contributed by atoms with E-state index in [4.69, 9.17) is 9.84 Å². The highest BCUT2D eigenvalue weighted by atomic mass is 16.5. The number of ether oxygens (including phenoxy) is 1. The summed E-state index contributed by atoms with van der Waals surface area (Å²) in [6, 6.07) is 8.06. The number of benzene rings is 1. The van der Waals surface area contributed by atoms with Gasteiger partial charge in [0.05, 0.1) is 0 Å². The lowest BCUT2D eigenvalue weighted by Crippen LogP contribution is -2.51. The third kappa shape index (κ3) is 4.70. The maximum absolute atomic E-state index is 9.96. The minimum atomic E-state index is -0.494. The fraction of sp³-hybridized carbons (Fsp3) is 0.647. The average Bonchev–Trinajstić information content (AvgIpc) is 2.39. The molecule has 2 N–H and O–H groups in total. The van der Waals surface area contributed by atoms with Crippen LogP contribution in [0.15, 0.2) is 24.3 Å². The number of nitrogens with zero attached hydrogens (tertiary/aromatic N) is 1. The second-order valence-electron chi connectivity index (χ2n) is 7.01. The van der Waals surface area contributed by atoms with Gasteiger partial charge >= 0.3 is 0 Å². The lowest BCUT2D eigenvalue weighted by molar-refractivity contribution is 0.00227. The minimum absolute atomic E-state index is 0.138. The van der Waals surface area contributed by atoms with Gasteiger partial charge in [0.15, 0.2) is 0 Å². The van der Waals surface area contributed by atoms with Gasteiger partial charge in [-0.25, -0.2) is 0 Å². The van der Waals surface area contributed by atoms with Crippen LogP contribution in [0.2, 0.25) is 0 Å². The number of hydrogen-bond donors (Lipinski definition) is 2. The van der Waals surface area contributed by atoms with E-state index >= 15 is 0 Å². The molecule has 0 aromatic heterocycles. The van der Waals surface area contributed by atoms with Gasteiger partial charge in [0, 0.05) is 32.2 Å². The van der Waals surface area contributed by atoms with Crippen LogP contribution in [0.5, 0.6) is 5.75 Å². The lowest BCUT2D eigenvalue weighted by Gasteiger charge is -2.39. The zero-order valence-corrected chi connectivity index (χ0v) is 13.2. The number of aliphatic hydroxyl groups is 2. The zero-order valence-electron chi connectivity index (χ0n) is 13.2. The Morgan fingerprint density at radius 3 is 2.38 bits per heavy atom. The fourth-order valence-electron chi connectivity index (χ4n) is 2.54. The summed E-state index contributed by atoms with van der Waals surface area (Å²) in [7, 11) is 0. The summed E-state index contributed by atoms with van der Waals surface area (Å²) in [4.78, 5) is 2.14. The summed E-state index contributed by atoms with van der Waals surface area (Å²) in [5.74, 6) is 1.17. The summed E-state index contributed by atoms with van der Waals surface area (Å²) >= 11 is 0. The molecule has 4 nitrogen and oxygen atoms in total. The summed E-state index contributed by atoms with van der Waals surface area (Å²) in [5.41, 5.74) is 1.41. The van der Waals surface area contributed by atoms with E-state index in [2.05, 4.69) is 37.8 Å². The van der Waals surface area contributed by atoms with Gasteiger partial charge in [-0.2, -0.15) is 0 Å². The monoisotopic (exact) mass is 293 g/mol. The van der Waals surface area contributed by atoms with E-state index in [0.717, 1.165) is 18.8 Å². The van der Waals surface area contributed by atoms with Crippen molar-refractivity contribution in [1.29, 1.82) is 0 Å². The number of likely N-dealkylation sites (tertiary alicyclic amines) is 1. The highest BCUT2D eigenvalue weighted by molar-refractivity contribution is 5.31. The van der Waals surface area contributed by atoms with Gasteiger partial charge in [-0.3, -0.25) is 4.90 Å². The maximum Gasteiger partial charge on any atom is 0.119 e. The molecule has 1 heterocycles. The average molecular weight is 293 g/mol. The van der Waals surface area contributed by atoms with Crippen molar-refractivity contribution in [3.8, 4) is 5.75 Å². The molecule has 0 unspecified atom stereocenters. The summed E-state index contributed by atoms with van der Waals surface area (Å²) in [6.07, 6.45) is -0.494. The third-order valence-electron chi connectivity index (χ3n) is 3.92. The Balaban J connectivity index is 1.73. The molecule has 4 heteroatoms. The van der Waals surface area contributed by atoms with Crippen molar-refractivity contribution >= 4 is 0 Å². The molecule has 1 aliphatic heterocycles. The molecule has 1 saturated heterocycles. The Kier molecular flexibility index (Phi) is 5.25. The van der Waals surface area contributed by atoms with Gasteiger partial charge < -0.3 is 14.9 Å². The van der Waals surface area contributed by atoms with Gasteiger partial charge in [0.2, 0.25) is 0 Å². The van der Waals surface area contributed by atoms with Crippen LogP contribution in [-0.4, -0.2) is 54.1 Å². The predicted molar refractivity (Wildman–Crippen MR) is 83.7 cm³/mol. The van der Waals surface area contributed by atoms with E-state index in [-0.39, 0.29) is 12.0 Å². The molecule has 2 rings (SSSR count). The first-order chi connectivity index (χ1) is 9.88. The van der Waals surface area contributed by atoms with Crippen molar-refractivity contribution in [3.63, 3.8) is 0 Å². The van der Waals surface area contributed by atoms with Crippen LogP contribution in [-0.2, 0) is 5.41 Å². The first-order valence-corrected chi connectivity index (χ1v) is 7.63. The Morgan fingerprint density at radius 2 is 1.86 bits per heavy atom. The first-order valence-electron chi connectivity index (χ1n) is 7.63. The fourth-order valence-corrected chi connectivity index (χ4v) is 2.54. The minimum Gasteiger partial charge on any atom is -0.491 e. The van der Waals surface area contributed by atoms with Crippen molar-refractivity contribution in [2.75, 3.05) is 32.8 Å². The molecule has 0 amide bonds. The Bertz CT molecular complexity index is 432. The molecule has 0 saturated carbocycles. The van der Waals surface area contributed by atoms with Crippen LogP contribution in [0.3, 0.4) is 0 Å². The van der Waals surface area contributed by atoms with Gasteiger partial charge in [-0.15, -0.1) is 0 Å². The summed E-state index contributed by atoms with van der Waals surface area (Å²) in [6.45, 7) is 9.43. The summed E-state index contributed by atoms with van der Waals surface area (Å²) < 4.78 is 5.63. The van der Waals surface area contributed by atoms with Crippen molar-refractivity contribution < 1.29 is 14.9 Å². The normalized spacial score (nSPS) is 18.3. The van der Waals surface area contributed by atoms with Crippen LogP contribution in [0.25, 0.3) is 0 Å². The number of β-amino-alcohol motifs (C(OH)–C–C–N with tert-alkyl or cyclic N) is 1. The molecule has 1 aromatic carbocycles. The Hall–Kier alpha value is -1.10. The van der Waals surface area contributed by atoms with E-state index in [0.29, 0.717) is 19.1 Å². The van der Waals surface area contributed by atoms with Crippen molar-refractivity contribution in [3.05, 3.63) is 29.8 Å². The largest absolute Gasteiger partial charge is 0.491 e. The molecule has 0 radical (unpaired) electrons. The Morgan fingerprint density at radius 1 is 1.24 bits per heavy atom. The van der Waals surface area contributed by atoms with Crippen molar-refractivity contribution in [1.82, 2.24) is 4.90 Å². The van der Waals surface area contributed by atoms with Crippen LogP contribution in [0, 0.1) is 5.92 Å². The number of hydrogen-bond acceptors (Lipinski definition) is 4. The highest BCUT2D eigenvalue weighted by Crippen LogP contribution is 2.24. The van der Waals surface area contributed by atoms with Crippen LogP contribution < -0.4 is 4.74 Å². The second kappa shape index (κ2) is 6.77. The van der Waals surface area contributed by atoms with Crippen LogP contribution >= 0.6 is 0 Å². The van der Waals surface area contributed by atoms with E-state index in [9.17, 15) is 5.11 Å². The molecule has 0 bridgehead atoms. The molecule has 1 fully saturated rings. The molecule has 21 heavy (non-hydrogen) atoms.